The number of hydrogen-bond donors (Lipinski definition) is 2. The van der Waals surface area contributed by atoms with Gasteiger partial charge in [-0.15, -0.1) is 0 Å². The van der Waals surface area contributed by atoms with Gasteiger partial charge in [-0.1, -0.05) is 18.2 Å². The maximum absolute atomic E-state index is 13.1. The van der Waals surface area contributed by atoms with E-state index in [1.807, 2.05) is 6.07 Å². The summed E-state index contributed by atoms with van der Waals surface area (Å²) in [5.74, 6) is -0.191. The van der Waals surface area contributed by atoms with Crippen molar-refractivity contribution < 1.29 is 14.6 Å². The van der Waals surface area contributed by atoms with Crippen LogP contribution in [0.1, 0.15) is 17.2 Å². The number of benzene rings is 2. The van der Waals surface area contributed by atoms with Crippen LogP contribution in [0.3, 0.4) is 0 Å². The maximum Gasteiger partial charge on any atom is 0.137 e. The number of phenols is 1. The van der Waals surface area contributed by atoms with E-state index in [4.69, 9.17) is 0 Å². The normalized spacial score (nSPS) is 12.4. The van der Waals surface area contributed by atoms with Gasteiger partial charge in [0.05, 0.1) is 10.6 Å². The standard InChI is InChI=1S/C14H12BrFO2/c15-12-8-10(4-5-13(12)16)14(18)7-9-2-1-3-11(17)6-9/h1-6,8,14,17-18H,7H2. The molecule has 0 aliphatic heterocycles. The van der Waals surface area contributed by atoms with Crippen LogP contribution in [-0.4, -0.2) is 10.2 Å². The molecule has 2 rings (SSSR count). The number of rotatable bonds is 3. The number of aliphatic hydroxyl groups excluding tert-OH is 1. The average molecular weight is 311 g/mol. The van der Waals surface area contributed by atoms with Gasteiger partial charge in [-0.25, -0.2) is 4.39 Å². The van der Waals surface area contributed by atoms with Crippen molar-refractivity contribution in [3.05, 3.63) is 63.9 Å². The molecule has 0 saturated heterocycles. The summed E-state index contributed by atoms with van der Waals surface area (Å²) in [7, 11) is 0. The molecular weight excluding hydrogens is 299 g/mol. The molecular formula is C14H12BrFO2. The highest BCUT2D eigenvalue weighted by molar-refractivity contribution is 9.10. The van der Waals surface area contributed by atoms with Crippen molar-refractivity contribution in [2.24, 2.45) is 0 Å². The minimum Gasteiger partial charge on any atom is -0.508 e. The molecule has 18 heavy (non-hydrogen) atoms. The van der Waals surface area contributed by atoms with Crippen molar-refractivity contribution in [1.29, 1.82) is 0 Å². The fourth-order valence-electron chi connectivity index (χ4n) is 1.74. The Kier molecular flexibility index (Phi) is 3.99. The van der Waals surface area contributed by atoms with E-state index < -0.39 is 6.10 Å². The van der Waals surface area contributed by atoms with Gasteiger partial charge in [-0.3, -0.25) is 0 Å². The highest BCUT2D eigenvalue weighted by Crippen LogP contribution is 2.24. The highest BCUT2D eigenvalue weighted by atomic mass is 79.9. The van der Waals surface area contributed by atoms with Crippen molar-refractivity contribution >= 4 is 15.9 Å². The molecule has 0 heterocycles. The highest BCUT2D eigenvalue weighted by Gasteiger charge is 2.11. The molecule has 2 nitrogen and oxygen atoms in total. The van der Waals surface area contributed by atoms with Gasteiger partial charge in [0.1, 0.15) is 11.6 Å². The molecule has 0 amide bonds. The Morgan fingerprint density at radius 1 is 1.17 bits per heavy atom. The van der Waals surface area contributed by atoms with Crippen LogP contribution >= 0.6 is 15.9 Å². The molecule has 0 spiro atoms. The van der Waals surface area contributed by atoms with Crippen LogP contribution in [0, 0.1) is 5.82 Å². The molecule has 0 saturated carbocycles. The number of aromatic hydroxyl groups is 1. The Morgan fingerprint density at radius 2 is 1.94 bits per heavy atom. The van der Waals surface area contributed by atoms with E-state index in [0.29, 0.717) is 16.5 Å². The van der Waals surface area contributed by atoms with E-state index in [1.54, 1.807) is 30.3 Å². The SMILES string of the molecule is Oc1cccc(CC(O)c2ccc(F)c(Br)c2)c1. The van der Waals surface area contributed by atoms with Gasteiger partial charge < -0.3 is 10.2 Å². The summed E-state index contributed by atoms with van der Waals surface area (Å²) in [6, 6.07) is 11.1. The van der Waals surface area contributed by atoms with Crippen molar-refractivity contribution in [2.45, 2.75) is 12.5 Å². The van der Waals surface area contributed by atoms with E-state index in [2.05, 4.69) is 15.9 Å². The molecule has 2 aromatic rings. The topological polar surface area (TPSA) is 40.5 Å². The zero-order valence-electron chi connectivity index (χ0n) is 9.48. The summed E-state index contributed by atoms with van der Waals surface area (Å²) in [5.41, 5.74) is 1.45. The Labute approximate surface area is 113 Å². The molecule has 0 fully saturated rings. The fraction of sp³-hybridized carbons (Fsp3) is 0.143. The summed E-state index contributed by atoms with van der Waals surface area (Å²) in [6.07, 6.45) is -0.365. The van der Waals surface area contributed by atoms with Crippen LogP contribution in [0.5, 0.6) is 5.75 Å². The second kappa shape index (κ2) is 5.50. The van der Waals surface area contributed by atoms with Gasteiger partial charge >= 0.3 is 0 Å². The van der Waals surface area contributed by atoms with Crippen molar-refractivity contribution in [3.63, 3.8) is 0 Å². The first-order valence-electron chi connectivity index (χ1n) is 5.47. The van der Waals surface area contributed by atoms with E-state index in [1.165, 1.54) is 6.07 Å². The largest absolute Gasteiger partial charge is 0.508 e. The lowest BCUT2D eigenvalue weighted by Gasteiger charge is -2.12. The van der Waals surface area contributed by atoms with Gasteiger partial charge in [0.2, 0.25) is 0 Å². The third-order valence-electron chi connectivity index (χ3n) is 2.67. The van der Waals surface area contributed by atoms with Gasteiger partial charge in [0, 0.05) is 6.42 Å². The average Bonchev–Trinajstić information content (AvgIpc) is 2.32. The van der Waals surface area contributed by atoms with Gasteiger partial charge in [-0.05, 0) is 51.3 Å². The number of hydrogen-bond acceptors (Lipinski definition) is 2. The second-order valence-electron chi connectivity index (χ2n) is 4.06. The molecule has 2 N–H and O–H groups in total. The predicted octanol–water partition coefficient (Wildman–Crippen LogP) is 3.57. The molecule has 4 heteroatoms. The monoisotopic (exact) mass is 310 g/mol. The lowest BCUT2D eigenvalue weighted by atomic mass is 10.0. The van der Waals surface area contributed by atoms with E-state index >= 15 is 0 Å². The minimum absolute atomic E-state index is 0.167. The molecule has 0 bridgehead atoms. The van der Waals surface area contributed by atoms with Crippen LogP contribution in [0.4, 0.5) is 4.39 Å². The summed E-state index contributed by atoms with van der Waals surface area (Å²) in [6.45, 7) is 0. The summed E-state index contributed by atoms with van der Waals surface area (Å²) >= 11 is 3.09. The van der Waals surface area contributed by atoms with E-state index in [0.717, 1.165) is 5.56 Å². The lowest BCUT2D eigenvalue weighted by Crippen LogP contribution is -2.02. The Balaban J connectivity index is 2.16. The molecule has 94 valence electrons. The minimum atomic E-state index is -0.733. The molecule has 0 aliphatic rings. The van der Waals surface area contributed by atoms with Crippen LogP contribution in [-0.2, 0) is 6.42 Å². The first-order chi connectivity index (χ1) is 8.56. The molecule has 0 aliphatic carbocycles. The zero-order chi connectivity index (χ0) is 13.1. The molecule has 0 radical (unpaired) electrons. The van der Waals surface area contributed by atoms with Crippen molar-refractivity contribution in [3.8, 4) is 5.75 Å². The maximum atomic E-state index is 13.1. The summed E-state index contributed by atoms with van der Waals surface area (Å²) < 4.78 is 13.4. The van der Waals surface area contributed by atoms with E-state index in [-0.39, 0.29) is 11.6 Å². The van der Waals surface area contributed by atoms with Gasteiger partial charge in [0.25, 0.3) is 0 Å². The molecule has 2 aromatic carbocycles. The van der Waals surface area contributed by atoms with Crippen molar-refractivity contribution in [2.75, 3.05) is 0 Å². The Hall–Kier alpha value is -1.39. The Bertz CT molecular complexity index is 557. The van der Waals surface area contributed by atoms with Gasteiger partial charge in [-0.2, -0.15) is 0 Å². The van der Waals surface area contributed by atoms with Crippen LogP contribution in [0.15, 0.2) is 46.9 Å². The van der Waals surface area contributed by atoms with E-state index in [9.17, 15) is 14.6 Å². The lowest BCUT2D eigenvalue weighted by molar-refractivity contribution is 0.178. The smallest absolute Gasteiger partial charge is 0.137 e. The number of halogens is 2. The summed E-state index contributed by atoms with van der Waals surface area (Å²) in [5, 5.41) is 19.4. The van der Waals surface area contributed by atoms with Gasteiger partial charge in [0.15, 0.2) is 0 Å². The first-order valence-corrected chi connectivity index (χ1v) is 6.26. The van der Waals surface area contributed by atoms with Crippen LogP contribution < -0.4 is 0 Å². The molecule has 1 unspecified atom stereocenters. The van der Waals surface area contributed by atoms with Crippen LogP contribution in [0.25, 0.3) is 0 Å². The Morgan fingerprint density at radius 3 is 2.61 bits per heavy atom. The summed E-state index contributed by atoms with van der Waals surface area (Å²) in [4.78, 5) is 0. The number of phenolic OH excluding ortho intramolecular Hbond substituents is 1. The molecule has 1 atom stereocenters. The third kappa shape index (κ3) is 3.09. The van der Waals surface area contributed by atoms with Crippen molar-refractivity contribution in [1.82, 2.24) is 0 Å². The number of aliphatic hydroxyl groups is 1. The quantitative estimate of drug-likeness (QED) is 0.910. The fourth-order valence-corrected chi connectivity index (χ4v) is 2.14. The van der Waals surface area contributed by atoms with Crippen LogP contribution in [0.2, 0.25) is 0 Å². The first kappa shape index (κ1) is 13.1. The molecule has 0 aromatic heterocycles. The second-order valence-corrected chi connectivity index (χ2v) is 4.92. The predicted molar refractivity (Wildman–Crippen MR) is 70.9 cm³/mol. The third-order valence-corrected chi connectivity index (χ3v) is 3.28. The zero-order valence-corrected chi connectivity index (χ0v) is 11.1.